The summed E-state index contributed by atoms with van der Waals surface area (Å²) in [5.41, 5.74) is -0.479. The molecule has 2 fully saturated rings. The number of carbonyl (C=O) groups is 1. The maximum Gasteiger partial charge on any atom is 0.410 e. The van der Waals surface area contributed by atoms with Crippen molar-refractivity contribution in [1.29, 1.82) is 0 Å². The van der Waals surface area contributed by atoms with Crippen LogP contribution in [0.25, 0.3) is 0 Å². The number of rotatable bonds is 1. The molecule has 2 aliphatic heterocycles. The van der Waals surface area contributed by atoms with Gasteiger partial charge in [-0.3, -0.25) is 0 Å². The molecule has 2 heterocycles. The fraction of sp³-hybridized carbons (Fsp3) is 0.917. The molecule has 4 nitrogen and oxygen atoms in total. The first-order valence-electron chi connectivity index (χ1n) is 6.02. The molecule has 92 valence electrons. The van der Waals surface area contributed by atoms with Crippen LogP contribution in [0.5, 0.6) is 0 Å². The van der Waals surface area contributed by atoms with Crippen LogP contribution < -0.4 is 0 Å². The average molecular weight is 227 g/mol. The van der Waals surface area contributed by atoms with Crippen LogP contribution in [0.2, 0.25) is 0 Å². The first kappa shape index (κ1) is 11.7. The number of fused-ring (bicyclic) bond motifs is 1. The molecule has 2 rings (SSSR count). The molecule has 0 saturated carbocycles. The molecule has 0 aliphatic carbocycles. The second-order valence-corrected chi connectivity index (χ2v) is 5.72. The average Bonchev–Trinajstić information content (AvgIpc) is 2.88. The van der Waals surface area contributed by atoms with E-state index in [2.05, 4.69) is 6.92 Å². The Hall–Kier alpha value is -0.770. The summed E-state index contributed by atoms with van der Waals surface area (Å²) in [6.07, 6.45) is 2.06. The molecule has 1 amide bonds. The van der Waals surface area contributed by atoms with Crippen molar-refractivity contribution in [3.05, 3.63) is 0 Å². The van der Waals surface area contributed by atoms with Crippen LogP contribution in [-0.4, -0.2) is 41.4 Å². The van der Waals surface area contributed by atoms with E-state index in [1.165, 1.54) is 0 Å². The Balaban J connectivity index is 1.93. The molecule has 0 N–H and O–H groups in total. The first-order chi connectivity index (χ1) is 7.36. The van der Waals surface area contributed by atoms with Crippen LogP contribution >= 0.6 is 0 Å². The maximum absolute atomic E-state index is 11.9. The predicted molar refractivity (Wildman–Crippen MR) is 60.3 cm³/mol. The summed E-state index contributed by atoms with van der Waals surface area (Å²) < 4.78 is 11.0. The number of piperidine rings is 1. The van der Waals surface area contributed by atoms with Crippen LogP contribution in [0.4, 0.5) is 4.79 Å². The number of hydrogen-bond acceptors (Lipinski definition) is 3. The highest BCUT2D eigenvalue weighted by molar-refractivity contribution is 5.68. The molecule has 0 aromatic heterocycles. The Labute approximate surface area is 96.9 Å². The van der Waals surface area contributed by atoms with Gasteiger partial charge >= 0.3 is 6.09 Å². The van der Waals surface area contributed by atoms with Crippen molar-refractivity contribution < 1.29 is 14.3 Å². The molecule has 2 atom stereocenters. The monoisotopic (exact) mass is 227 g/mol. The molecule has 0 aromatic carbocycles. The summed E-state index contributed by atoms with van der Waals surface area (Å²) in [4.78, 5) is 13.7. The lowest BCUT2D eigenvalue weighted by Gasteiger charge is -2.31. The van der Waals surface area contributed by atoms with Crippen molar-refractivity contribution in [2.45, 2.75) is 57.8 Å². The summed E-state index contributed by atoms with van der Waals surface area (Å²) in [6.45, 7) is 9.21. The summed E-state index contributed by atoms with van der Waals surface area (Å²) in [6, 6.07) is 0. The smallest absolute Gasteiger partial charge is 0.410 e. The van der Waals surface area contributed by atoms with Crippen LogP contribution in [0.3, 0.4) is 0 Å². The molecular formula is C12H21NO3. The van der Waals surface area contributed by atoms with Gasteiger partial charge in [0.1, 0.15) is 11.2 Å². The van der Waals surface area contributed by atoms with Crippen LogP contribution in [0.1, 0.15) is 40.5 Å². The molecule has 4 heteroatoms. The second-order valence-electron chi connectivity index (χ2n) is 5.72. The van der Waals surface area contributed by atoms with Gasteiger partial charge in [-0.25, -0.2) is 4.79 Å². The van der Waals surface area contributed by atoms with E-state index < -0.39 is 5.60 Å². The summed E-state index contributed by atoms with van der Waals surface area (Å²) >= 11 is 0. The number of epoxide rings is 1. The maximum atomic E-state index is 11.9. The zero-order valence-electron chi connectivity index (χ0n) is 10.6. The lowest BCUT2D eigenvalue weighted by Crippen LogP contribution is -2.46. The van der Waals surface area contributed by atoms with Crippen LogP contribution in [0, 0.1) is 0 Å². The van der Waals surface area contributed by atoms with E-state index >= 15 is 0 Å². The Bertz CT molecular complexity index is 297. The molecule has 0 spiro atoms. The van der Waals surface area contributed by atoms with Gasteiger partial charge in [0.15, 0.2) is 0 Å². The number of likely N-dealkylation sites (tertiary alicyclic amines) is 1. The highest BCUT2D eigenvalue weighted by atomic mass is 16.6. The number of carbonyl (C=O) groups excluding carboxylic acids is 1. The van der Waals surface area contributed by atoms with Gasteiger partial charge in [-0.05, 0) is 33.6 Å². The van der Waals surface area contributed by atoms with E-state index in [9.17, 15) is 4.79 Å². The van der Waals surface area contributed by atoms with Crippen molar-refractivity contribution in [3.63, 3.8) is 0 Å². The first-order valence-corrected chi connectivity index (χ1v) is 6.02. The minimum atomic E-state index is -0.419. The summed E-state index contributed by atoms with van der Waals surface area (Å²) in [5, 5.41) is 0. The van der Waals surface area contributed by atoms with Crippen molar-refractivity contribution in [2.75, 3.05) is 13.1 Å². The molecule has 16 heavy (non-hydrogen) atoms. The number of amides is 1. The lowest BCUT2D eigenvalue weighted by atomic mass is 9.96. The van der Waals surface area contributed by atoms with Gasteiger partial charge in [0.05, 0.1) is 12.6 Å². The third-order valence-corrected chi connectivity index (χ3v) is 3.28. The fourth-order valence-electron chi connectivity index (χ4n) is 2.29. The van der Waals surface area contributed by atoms with Gasteiger partial charge in [-0.2, -0.15) is 0 Å². The molecule has 2 saturated heterocycles. The van der Waals surface area contributed by atoms with Gasteiger partial charge in [0.2, 0.25) is 0 Å². The van der Waals surface area contributed by atoms with Crippen molar-refractivity contribution in [2.24, 2.45) is 0 Å². The molecule has 2 unspecified atom stereocenters. The van der Waals surface area contributed by atoms with Gasteiger partial charge in [0.25, 0.3) is 0 Å². The highest BCUT2D eigenvalue weighted by Gasteiger charge is 2.58. The second kappa shape index (κ2) is 3.62. The lowest BCUT2D eigenvalue weighted by molar-refractivity contribution is 0.0189. The third kappa shape index (κ3) is 2.17. The standard InChI is InChI=1S/C12H21NO3/c1-5-12-8-13(7-6-9(12)15-12)10(14)16-11(2,3)4/h9H,5-8H2,1-4H3. The van der Waals surface area contributed by atoms with Gasteiger partial charge in [-0.15, -0.1) is 0 Å². The van der Waals surface area contributed by atoms with E-state index in [0.717, 1.165) is 19.4 Å². The van der Waals surface area contributed by atoms with E-state index in [4.69, 9.17) is 9.47 Å². The topological polar surface area (TPSA) is 42.1 Å². The zero-order chi connectivity index (χ0) is 12.0. The fourth-order valence-corrected chi connectivity index (χ4v) is 2.29. The minimum absolute atomic E-state index is 0.0604. The molecule has 2 aliphatic rings. The van der Waals surface area contributed by atoms with Crippen molar-refractivity contribution >= 4 is 6.09 Å². The predicted octanol–water partition coefficient (Wildman–Crippen LogP) is 2.17. The quantitative estimate of drug-likeness (QED) is 0.645. The molecule has 0 bridgehead atoms. The van der Waals surface area contributed by atoms with E-state index in [0.29, 0.717) is 12.6 Å². The Morgan fingerprint density at radius 3 is 2.81 bits per heavy atom. The number of nitrogens with zero attached hydrogens (tertiary/aromatic N) is 1. The van der Waals surface area contributed by atoms with E-state index in [-0.39, 0.29) is 11.7 Å². The van der Waals surface area contributed by atoms with Crippen LogP contribution in [-0.2, 0) is 9.47 Å². The van der Waals surface area contributed by atoms with E-state index in [1.54, 1.807) is 4.90 Å². The van der Waals surface area contributed by atoms with Crippen molar-refractivity contribution in [3.8, 4) is 0 Å². The number of ether oxygens (including phenoxy) is 2. The summed E-state index contributed by atoms with van der Waals surface area (Å²) in [5.74, 6) is 0. The van der Waals surface area contributed by atoms with Crippen LogP contribution in [0.15, 0.2) is 0 Å². The SMILES string of the molecule is CCC12CN(C(=O)OC(C)(C)C)CCC1O2. The normalized spacial score (nSPS) is 33.2. The van der Waals surface area contributed by atoms with Crippen molar-refractivity contribution in [1.82, 2.24) is 4.90 Å². The Kier molecular flexibility index (Phi) is 2.65. The molecule has 0 aromatic rings. The van der Waals surface area contributed by atoms with E-state index in [1.807, 2.05) is 20.8 Å². The minimum Gasteiger partial charge on any atom is -0.444 e. The molecular weight excluding hydrogens is 206 g/mol. The molecule has 0 radical (unpaired) electrons. The third-order valence-electron chi connectivity index (χ3n) is 3.28. The summed E-state index contributed by atoms with van der Waals surface area (Å²) in [7, 11) is 0. The van der Waals surface area contributed by atoms with Gasteiger partial charge < -0.3 is 14.4 Å². The zero-order valence-corrected chi connectivity index (χ0v) is 10.6. The Morgan fingerprint density at radius 2 is 2.25 bits per heavy atom. The van der Waals surface area contributed by atoms with Gasteiger partial charge in [-0.1, -0.05) is 6.92 Å². The van der Waals surface area contributed by atoms with Gasteiger partial charge in [0, 0.05) is 6.54 Å². The largest absolute Gasteiger partial charge is 0.444 e. The highest BCUT2D eigenvalue weighted by Crippen LogP contribution is 2.45. The number of hydrogen-bond donors (Lipinski definition) is 0. The Morgan fingerprint density at radius 1 is 1.56 bits per heavy atom.